The van der Waals surface area contributed by atoms with Crippen molar-refractivity contribution in [3.63, 3.8) is 0 Å². The largest absolute Gasteiger partial charge is 0.493 e. The Morgan fingerprint density at radius 2 is 1.54 bits per heavy atom. The van der Waals surface area contributed by atoms with Crippen LogP contribution in [0.25, 0.3) is 11.0 Å². The van der Waals surface area contributed by atoms with Gasteiger partial charge in [-0.15, -0.1) is 5.10 Å². The molecule has 1 spiro atoms. The Kier molecular flexibility index (Phi) is 11.3. The van der Waals surface area contributed by atoms with Gasteiger partial charge in [0.2, 0.25) is 11.8 Å². The third-order valence-corrected chi connectivity index (χ3v) is 14.0. The summed E-state index contributed by atoms with van der Waals surface area (Å²) in [4.78, 5) is 51.3. The molecule has 2 fully saturated rings. The van der Waals surface area contributed by atoms with Gasteiger partial charge in [-0.25, -0.2) is 4.68 Å². The Bertz CT molecular complexity index is 3170. The van der Waals surface area contributed by atoms with Crippen LogP contribution in [0.3, 0.4) is 0 Å². The number of methoxy groups -OCH3 is 2. The minimum atomic E-state index is -1.72. The fourth-order valence-electron chi connectivity index (χ4n) is 11.1. The lowest BCUT2D eigenvalue weighted by molar-refractivity contribution is -0.179. The molecule has 2 N–H and O–H groups in total. The highest BCUT2D eigenvalue weighted by Crippen LogP contribution is 2.65. The first-order chi connectivity index (χ1) is 33.8. The fraction of sp³-hybridized carbons (Fsp3) is 0.255. The van der Waals surface area contributed by atoms with Gasteiger partial charge in [-0.2, -0.15) is 0 Å². The molecule has 346 valence electrons. The van der Waals surface area contributed by atoms with Crippen molar-refractivity contribution in [1.82, 2.24) is 24.8 Å². The summed E-state index contributed by atoms with van der Waals surface area (Å²) in [6.45, 7) is 0.692. The summed E-state index contributed by atoms with van der Waals surface area (Å²) in [5, 5.41) is 21.4. The number of aromatic nitrogens is 3. The van der Waals surface area contributed by atoms with Gasteiger partial charge < -0.3 is 34.3 Å². The number of fused-ring (bicyclic) bond motifs is 5. The van der Waals surface area contributed by atoms with E-state index >= 15 is 14.4 Å². The van der Waals surface area contributed by atoms with E-state index in [1.807, 2.05) is 127 Å². The number of carbonyl (C=O) groups excluding carboxylic acids is 3. The maximum absolute atomic E-state index is 16.2. The molecule has 0 bridgehead atoms. The standard InChI is InChI=1S/C55H48N6O8/c1-66-45-31-38-25-27-59(33-39(38)32-46(45)67-2)52(63)47-49-53(64)69-50(36-15-7-4-8-16-36)48(35-13-5-3-6-14-35)61(49)51(37-20-22-40(23-21-37)68-29-28-62)55(47)41-30-34(19-24-42(41)56-54(55)65)12-11-26-60-44-18-10-9-17-43(44)57-58-60/h3-10,13-24,30-32,47-51,62H,25-29,33H2,1-2H3,(H,56,65)/t47-,48-,49-,50+,51+,55-/m0/s1. The number of morpholine rings is 1. The number of aliphatic hydroxyl groups is 1. The predicted molar refractivity (Wildman–Crippen MR) is 255 cm³/mol. The van der Waals surface area contributed by atoms with Crippen molar-refractivity contribution in [2.24, 2.45) is 5.92 Å². The molecule has 0 aliphatic carbocycles. The van der Waals surface area contributed by atoms with Crippen molar-refractivity contribution < 1.29 is 38.4 Å². The summed E-state index contributed by atoms with van der Waals surface area (Å²) in [5.74, 6) is 5.52. The van der Waals surface area contributed by atoms with Crippen LogP contribution in [0.5, 0.6) is 17.2 Å². The monoisotopic (exact) mass is 920 g/mol. The number of carbonyl (C=O) groups is 3. The van der Waals surface area contributed by atoms with Crippen molar-refractivity contribution in [2.45, 2.75) is 49.2 Å². The molecule has 6 atom stereocenters. The van der Waals surface area contributed by atoms with E-state index in [-0.39, 0.29) is 32.2 Å². The second-order valence-corrected chi connectivity index (χ2v) is 17.6. The summed E-state index contributed by atoms with van der Waals surface area (Å²) in [6, 6.07) is 41.0. The second kappa shape index (κ2) is 17.9. The van der Waals surface area contributed by atoms with Crippen molar-refractivity contribution in [3.8, 4) is 29.1 Å². The normalized spacial score (nSPS) is 22.5. The van der Waals surface area contributed by atoms with E-state index in [0.29, 0.717) is 52.6 Å². The number of aliphatic hydroxyl groups excluding tert-OH is 1. The summed E-state index contributed by atoms with van der Waals surface area (Å²) in [5.41, 5.74) is 5.71. The van der Waals surface area contributed by atoms with Crippen LogP contribution < -0.4 is 19.5 Å². The average Bonchev–Trinajstić information content (AvgIpc) is 4.05. The third-order valence-electron chi connectivity index (χ3n) is 14.0. The van der Waals surface area contributed by atoms with Crippen LogP contribution in [0, 0.1) is 17.8 Å². The van der Waals surface area contributed by atoms with Gasteiger partial charge in [-0.3, -0.25) is 19.3 Å². The van der Waals surface area contributed by atoms with Crippen molar-refractivity contribution in [3.05, 3.63) is 178 Å². The molecule has 0 saturated carbocycles. The van der Waals surface area contributed by atoms with Crippen LogP contribution in [0.15, 0.2) is 140 Å². The van der Waals surface area contributed by atoms with E-state index in [0.717, 1.165) is 33.3 Å². The van der Waals surface area contributed by atoms with Crippen LogP contribution in [-0.2, 0) is 44.0 Å². The number of esters is 1. The minimum Gasteiger partial charge on any atom is -0.493 e. The number of para-hydroxylation sites is 1. The number of nitrogens with zero attached hydrogens (tertiary/aromatic N) is 5. The highest BCUT2D eigenvalue weighted by molar-refractivity contribution is 6.12. The zero-order chi connectivity index (χ0) is 47.2. The van der Waals surface area contributed by atoms with Crippen molar-refractivity contribution >= 4 is 34.5 Å². The van der Waals surface area contributed by atoms with Gasteiger partial charge in [0, 0.05) is 24.3 Å². The second-order valence-electron chi connectivity index (χ2n) is 17.6. The van der Waals surface area contributed by atoms with Gasteiger partial charge >= 0.3 is 5.97 Å². The number of hydrogen-bond acceptors (Lipinski definition) is 11. The van der Waals surface area contributed by atoms with Crippen LogP contribution in [0.1, 0.15) is 57.1 Å². The van der Waals surface area contributed by atoms with Crippen LogP contribution in [0.2, 0.25) is 0 Å². The van der Waals surface area contributed by atoms with Gasteiger partial charge in [0.25, 0.3) is 0 Å². The quantitative estimate of drug-likeness (QED) is 0.111. The lowest BCUT2D eigenvalue weighted by atomic mass is 9.65. The van der Waals surface area contributed by atoms with E-state index in [4.69, 9.17) is 18.9 Å². The molecule has 4 aliphatic heterocycles. The van der Waals surface area contributed by atoms with E-state index in [9.17, 15) is 5.11 Å². The van der Waals surface area contributed by atoms with E-state index < -0.39 is 47.4 Å². The average molecular weight is 921 g/mol. The van der Waals surface area contributed by atoms with E-state index in [2.05, 4.69) is 32.4 Å². The topological polar surface area (TPSA) is 158 Å². The van der Waals surface area contributed by atoms with Crippen LogP contribution in [-0.4, -0.2) is 87.7 Å². The number of hydrogen-bond donors (Lipinski definition) is 2. The maximum atomic E-state index is 16.2. The molecule has 2 amide bonds. The predicted octanol–water partition coefficient (Wildman–Crippen LogP) is 6.73. The zero-order valence-electron chi connectivity index (χ0n) is 37.9. The number of rotatable bonds is 10. The molecule has 14 nitrogen and oxygen atoms in total. The van der Waals surface area contributed by atoms with E-state index in [1.54, 1.807) is 35.9 Å². The Labute approximate surface area is 398 Å². The zero-order valence-corrected chi connectivity index (χ0v) is 37.9. The molecule has 1 aromatic heterocycles. The molecule has 5 heterocycles. The summed E-state index contributed by atoms with van der Waals surface area (Å²) < 4.78 is 25.6. The highest BCUT2D eigenvalue weighted by atomic mass is 16.6. The lowest BCUT2D eigenvalue weighted by Gasteiger charge is -2.46. The van der Waals surface area contributed by atoms with Crippen LogP contribution in [0.4, 0.5) is 5.69 Å². The molecule has 2 saturated heterocycles. The first-order valence-corrected chi connectivity index (χ1v) is 23.0. The van der Waals surface area contributed by atoms with Crippen molar-refractivity contribution in [1.29, 1.82) is 0 Å². The Morgan fingerprint density at radius 3 is 2.28 bits per heavy atom. The molecule has 0 radical (unpaired) electrons. The van der Waals surface area contributed by atoms with Crippen molar-refractivity contribution in [2.75, 3.05) is 39.3 Å². The van der Waals surface area contributed by atoms with Gasteiger partial charge in [0.15, 0.2) is 11.5 Å². The lowest BCUT2D eigenvalue weighted by Crippen LogP contribution is -2.56. The Balaban J connectivity index is 1.12. The highest BCUT2D eigenvalue weighted by Gasteiger charge is 2.74. The summed E-state index contributed by atoms with van der Waals surface area (Å²) >= 11 is 0. The maximum Gasteiger partial charge on any atom is 0.324 e. The van der Waals surface area contributed by atoms with Crippen LogP contribution >= 0.6 is 0 Å². The SMILES string of the molecule is COc1cc2c(cc1OC)CN(C(=O)[C@@H]1[C@H]3C(=O)O[C@H](c4ccccc4)[C@H](c4ccccc4)N3[C@H](c3ccc(OCCO)cc3)[C@@]13C(=O)Nc1ccc(C#CCn4nnc5ccccc54)cc13)CC2. The van der Waals surface area contributed by atoms with Gasteiger partial charge in [0.1, 0.15) is 42.0 Å². The first-order valence-electron chi connectivity index (χ1n) is 23.0. The molecule has 4 aliphatic rings. The molecule has 11 rings (SSSR count). The number of amides is 2. The number of benzene rings is 6. The molecule has 14 heteroatoms. The van der Waals surface area contributed by atoms with Gasteiger partial charge in [0.05, 0.1) is 44.3 Å². The smallest absolute Gasteiger partial charge is 0.324 e. The van der Waals surface area contributed by atoms with Gasteiger partial charge in [-0.05, 0) is 94.4 Å². The minimum absolute atomic E-state index is 0.0858. The number of ether oxygens (including phenoxy) is 4. The number of anilines is 1. The summed E-state index contributed by atoms with van der Waals surface area (Å²) in [7, 11) is 3.17. The number of nitrogens with one attached hydrogen (secondary N) is 1. The Morgan fingerprint density at radius 1 is 0.826 bits per heavy atom. The Hall–Kier alpha value is -7.99. The molecular formula is C55H48N6O8. The summed E-state index contributed by atoms with van der Waals surface area (Å²) in [6.07, 6.45) is -0.318. The fourth-order valence-corrected chi connectivity index (χ4v) is 11.1. The molecule has 6 aromatic carbocycles. The molecular weight excluding hydrogens is 873 g/mol. The first kappa shape index (κ1) is 43.6. The number of cyclic esters (lactones) is 1. The molecule has 0 unspecified atom stereocenters. The molecule has 7 aromatic rings. The third kappa shape index (κ3) is 7.33. The van der Waals surface area contributed by atoms with Gasteiger partial charge in [-0.1, -0.05) is 102 Å². The van der Waals surface area contributed by atoms with E-state index in [1.165, 1.54) is 0 Å². The molecule has 69 heavy (non-hydrogen) atoms.